The van der Waals surface area contributed by atoms with Gasteiger partial charge in [0.15, 0.2) is 0 Å². The van der Waals surface area contributed by atoms with Crippen molar-refractivity contribution in [2.24, 2.45) is 5.92 Å². The van der Waals surface area contributed by atoms with Gasteiger partial charge in [-0.15, -0.1) is 0 Å². The maximum Gasteiger partial charge on any atom is 0.228 e. The molecule has 8 heteroatoms. The zero-order chi connectivity index (χ0) is 25.9. The molecule has 0 spiro atoms. The number of hydrogen-bond donors (Lipinski definition) is 0. The van der Waals surface area contributed by atoms with E-state index in [0.717, 1.165) is 5.56 Å². The quantitative estimate of drug-likeness (QED) is 0.502. The Morgan fingerprint density at radius 3 is 2.03 bits per heavy atom. The summed E-state index contributed by atoms with van der Waals surface area (Å²) < 4.78 is 24.9. The van der Waals surface area contributed by atoms with Gasteiger partial charge < -0.3 is 24.2 Å². The van der Waals surface area contributed by atoms with Crippen LogP contribution in [-0.4, -0.2) is 57.1 Å². The summed E-state index contributed by atoms with van der Waals surface area (Å²) in [6, 6.07) is 21.1. The van der Waals surface area contributed by atoms with Crippen molar-refractivity contribution in [1.29, 1.82) is 0 Å². The number of benzene rings is 3. The number of carbonyl (C=O) groups excluding carboxylic acids is 2. The number of piperazine rings is 1. The highest BCUT2D eigenvalue weighted by atomic mass is 19.1. The maximum absolute atomic E-state index is 14.3. The van der Waals surface area contributed by atoms with Crippen LogP contribution in [0.4, 0.5) is 15.8 Å². The van der Waals surface area contributed by atoms with Crippen LogP contribution in [0.3, 0.4) is 0 Å². The molecule has 2 unspecified atom stereocenters. The van der Waals surface area contributed by atoms with E-state index in [2.05, 4.69) is 0 Å². The second-order valence-electron chi connectivity index (χ2n) is 9.25. The van der Waals surface area contributed by atoms with Crippen LogP contribution >= 0.6 is 0 Å². The third-order valence-corrected chi connectivity index (χ3v) is 7.23. The van der Waals surface area contributed by atoms with Gasteiger partial charge in [-0.05, 0) is 54.1 Å². The molecular weight excluding hydrogens is 473 g/mol. The Balaban J connectivity index is 1.40. The molecule has 2 amide bonds. The summed E-state index contributed by atoms with van der Waals surface area (Å²) >= 11 is 0. The number of anilines is 2. The molecule has 2 aliphatic rings. The standard InChI is InChI=1S/C29H30FN3O4/c1-36-22-11-7-20(8-12-22)28-24(19-27(34)33(28)21-9-13-23(37-2)14-10-21)29(35)32-17-15-31(16-18-32)26-6-4-3-5-25(26)30/h3-14,24,28H,15-19H2,1-2H3. The van der Waals surface area contributed by atoms with Gasteiger partial charge in [-0.3, -0.25) is 9.59 Å². The lowest BCUT2D eigenvalue weighted by atomic mass is 9.91. The Morgan fingerprint density at radius 2 is 1.43 bits per heavy atom. The molecule has 2 atom stereocenters. The highest BCUT2D eigenvalue weighted by Gasteiger charge is 2.47. The summed E-state index contributed by atoms with van der Waals surface area (Å²) in [5, 5.41) is 0. The van der Waals surface area contributed by atoms with Crippen molar-refractivity contribution < 1.29 is 23.5 Å². The Bertz CT molecular complexity index is 1260. The fourth-order valence-corrected chi connectivity index (χ4v) is 5.30. The highest BCUT2D eigenvalue weighted by Crippen LogP contribution is 2.43. The molecule has 37 heavy (non-hydrogen) atoms. The van der Waals surface area contributed by atoms with E-state index in [1.165, 1.54) is 6.07 Å². The minimum atomic E-state index is -0.539. The molecule has 192 valence electrons. The van der Waals surface area contributed by atoms with Gasteiger partial charge >= 0.3 is 0 Å². The first-order chi connectivity index (χ1) is 18.0. The SMILES string of the molecule is COc1ccc(C2C(C(=O)N3CCN(c4ccccc4F)CC3)CC(=O)N2c2ccc(OC)cc2)cc1. The van der Waals surface area contributed by atoms with Crippen molar-refractivity contribution in [2.45, 2.75) is 12.5 Å². The van der Waals surface area contributed by atoms with Crippen molar-refractivity contribution in [1.82, 2.24) is 4.90 Å². The van der Waals surface area contributed by atoms with E-state index in [1.807, 2.05) is 64.4 Å². The van der Waals surface area contributed by atoms with Crippen molar-refractivity contribution in [3.05, 3.63) is 84.2 Å². The molecule has 3 aromatic carbocycles. The van der Waals surface area contributed by atoms with Crippen LogP contribution in [0.2, 0.25) is 0 Å². The molecule has 0 radical (unpaired) electrons. The fraction of sp³-hybridized carbons (Fsp3) is 0.310. The topological polar surface area (TPSA) is 62.3 Å². The van der Waals surface area contributed by atoms with E-state index >= 15 is 0 Å². The Hall–Kier alpha value is -4.07. The van der Waals surface area contributed by atoms with Gasteiger partial charge in [-0.1, -0.05) is 24.3 Å². The summed E-state index contributed by atoms with van der Waals surface area (Å²) in [5.74, 6) is 0.432. The van der Waals surface area contributed by atoms with Gasteiger partial charge in [-0.25, -0.2) is 4.39 Å². The molecule has 5 rings (SSSR count). The van der Waals surface area contributed by atoms with Crippen LogP contribution < -0.4 is 19.3 Å². The molecule has 0 aliphatic carbocycles. The first kappa shape index (κ1) is 24.6. The number of methoxy groups -OCH3 is 2. The van der Waals surface area contributed by atoms with Crippen LogP contribution in [0.5, 0.6) is 11.5 Å². The molecule has 0 bridgehead atoms. The molecule has 2 fully saturated rings. The predicted molar refractivity (Wildman–Crippen MR) is 140 cm³/mol. The number of hydrogen-bond acceptors (Lipinski definition) is 5. The number of carbonyl (C=O) groups is 2. The first-order valence-corrected chi connectivity index (χ1v) is 12.4. The lowest BCUT2D eigenvalue weighted by Crippen LogP contribution is -2.51. The lowest BCUT2D eigenvalue weighted by molar-refractivity contribution is -0.136. The largest absolute Gasteiger partial charge is 0.497 e. The molecule has 2 heterocycles. The van der Waals surface area contributed by atoms with Gasteiger partial charge in [0, 0.05) is 38.3 Å². The zero-order valence-electron chi connectivity index (χ0n) is 21.0. The van der Waals surface area contributed by atoms with Crippen LogP contribution in [-0.2, 0) is 9.59 Å². The molecule has 2 aliphatic heterocycles. The van der Waals surface area contributed by atoms with Crippen LogP contribution in [0.15, 0.2) is 72.8 Å². The average Bonchev–Trinajstić information content (AvgIpc) is 3.30. The fourth-order valence-electron chi connectivity index (χ4n) is 5.30. The second-order valence-corrected chi connectivity index (χ2v) is 9.25. The van der Waals surface area contributed by atoms with E-state index in [0.29, 0.717) is 49.1 Å². The van der Waals surface area contributed by atoms with Gasteiger partial charge in [0.25, 0.3) is 0 Å². The van der Waals surface area contributed by atoms with Crippen molar-refractivity contribution in [2.75, 3.05) is 50.2 Å². The Kier molecular flexibility index (Phi) is 6.99. The van der Waals surface area contributed by atoms with E-state index in [4.69, 9.17) is 9.47 Å². The van der Waals surface area contributed by atoms with Crippen LogP contribution in [0, 0.1) is 11.7 Å². The van der Waals surface area contributed by atoms with Crippen molar-refractivity contribution in [3.8, 4) is 11.5 Å². The minimum absolute atomic E-state index is 0.0571. The monoisotopic (exact) mass is 503 g/mol. The normalized spacial score (nSPS) is 19.8. The molecular formula is C29H30FN3O4. The summed E-state index contributed by atoms with van der Waals surface area (Å²) in [4.78, 5) is 32.7. The molecule has 0 N–H and O–H groups in total. The summed E-state index contributed by atoms with van der Waals surface area (Å²) in [7, 11) is 3.20. The first-order valence-electron chi connectivity index (χ1n) is 12.4. The molecule has 3 aromatic rings. The van der Waals surface area contributed by atoms with E-state index in [-0.39, 0.29) is 24.1 Å². The van der Waals surface area contributed by atoms with Gasteiger partial charge in [0.05, 0.1) is 31.9 Å². The van der Waals surface area contributed by atoms with Crippen LogP contribution in [0.1, 0.15) is 18.0 Å². The Labute approximate surface area is 216 Å². The van der Waals surface area contributed by atoms with E-state index in [9.17, 15) is 14.0 Å². The molecule has 0 aromatic heterocycles. The van der Waals surface area contributed by atoms with Crippen molar-refractivity contribution in [3.63, 3.8) is 0 Å². The number of amides is 2. The summed E-state index contributed by atoms with van der Waals surface area (Å²) in [6.45, 7) is 2.00. The molecule has 7 nitrogen and oxygen atoms in total. The number of halogens is 1. The summed E-state index contributed by atoms with van der Waals surface area (Å²) in [6.07, 6.45) is 0.120. The van der Waals surface area contributed by atoms with E-state index in [1.54, 1.807) is 31.3 Å². The predicted octanol–water partition coefficient (Wildman–Crippen LogP) is 4.29. The van der Waals surface area contributed by atoms with Gasteiger partial charge in [-0.2, -0.15) is 0 Å². The second kappa shape index (κ2) is 10.5. The van der Waals surface area contributed by atoms with Crippen LogP contribution in [0.25, 0.3) is 0 Å². The summed E-state index contributed by atoms with van der Waals surface area (Å²) in [5.41, 5.74) is 2.13. The Morgan fingerprint density at radius 1 is 0.838 bits per heavy atom. The zero-order valence-corrected chi connectivity index (χ0v) is 21.0. The number of para-hydroxylation sites is 1. The third-order valence-electron chi connectivity index (χ3n) is 7.23. The maximum atomic E-state index is 14.3. The smallest absolute Gasteiger partial charge is 0.228 e. The van der Waals surface area contributed by atoms with Gasteiger partial charge in [0.1, 0.15) is 17.3 Å². The molecule has 2 saturated heterocycles. The lowest BCUT2D eigenvalue weighted by Gasteiger charge is -2.38. The van der Waals surface area contributed by atoms with E-state index < -0.39 is 12.0 Å². The van der Waals surface area contributed by atoms with Crippen molar-refractivity contribution >= 4 is 23.2 Å². The van der Waals surface area contributed by atoms with Gasteiger partial charge in [0.2, 0.25) is 11.8 Å². The molecule has 0 saturated carbocycles. The number of nitrogens with zero attached hydrogens (tertiary/aromatic N) is 3. The number of ether oxygens (including phenoxy) is 2. The highest BCUT2D eigenvalue weighted by molar-refractivity contribution is 6.01. The average molecular weight is 504 g/mol. The minimum Gasteiger partial charge on any atom is -0.497 e. The third kappa shape index (κ3) is 4.83. The number of rotatable bonds is 6.